The van der Waals surface area contributed by atoms with Crippen LogP contribution in [0.2, 0.25) is 144 Å². The van der Waals surface area contributed by atoms with Crippen LogP contribution in [0.5, 0.6) is 28.7 Å². The molecule has 1 aromatic rings. The van der Waals surface area contributed by atoms with Gasteiger partial charge in [-0.05, 0) is 144 Å². The van der Waals surface area contributed by atoms with Gasteiger partial charge in [-0.2, -0.15) is 0 Å². The highest BCUT2D eigenvalue weighted by Gasteiger charge is 2.42. The standard InChI is InChI=1S/C31H74O9Si10/c1-44(2,3)32-24(22-23-42-40-43-39-41)26(33-45(4,5)6)25-27(34-46(7,8)9)29(36-48(13,14)15)31(38-50(19,20)21)30(37-49(16,17)18)28(25)35-47(10,11)12/h22-23,42-43H2,1-21,41H3. The number of benzene rings is 1. The first-order chi connectivity index (χ1) is 22.1. The van der Waals surface area contributed by atoms with Crippen molar-refractivity contribution in [3.8, 4) is 28.7 Å². The molecule has 0 N–H and O–H groups in total. The second-order valence-electron chi connectivity index (χ2n) is 19.7. The van der Waals surface area contributed by atoms with E-state index in [-0.39, 0.29) is 0 Å². The van der Waals surface area contributed by atoms with Crippen LogP contribution in [0.25, 0.3) is 5.76 Å². The maximum atomic E-state index is 7.26. The lowest BCUT2D eigenvalue weighted by Crippen LogP contribution is -2.38. The van der Waals surface area contributed by atoms with Gasteiger partial charge in [0.25, 0.3) is 10.0 Å². The van der Waals surface area contributed by atoms with Crippen LogP contribution in [0, 0.1) is 0 Å². The van der Waals surface area contributed by atoms with Gasteiger partial charge in [-0.3, -0.25) is 0 Å². The van der Waals surface area contributed by atoms with Crippen LogP contribution in [0.15, 0.2) is 5.76 Å². The van der Waals surface area contributed by atoms with Gasteiger partial charge in [0.05, 0.1) is 0 Å². The Hall–Kier alpha value is -0.351. The van der Waals surface area contributed by atoms with Gasteiger partial charge in [-0.1, -0.05) is 0 Å². The van der Waals surface area contributed by atoms with E-state index in [4.69, 9.17) is 39.2 Å². The van der Waals surface area contributed by atoms with E-state index >= 15 is 0 Å². The molecule has 50 heavy (non-hydrogen) atoms. The van der Waals surface area contributed by atoms with Crippen LogP contribution in [0.4, 0.5) is 0 Å². The molecule has 0 fully saturated rings. The van der Waals surface area contributed by atoms with E-state index in [1.807, 2.05) is 0 Å². The van der Waals surface area contributed by atoms with Crippen LogP contribution < -0.4 is 22.1 Å². The molecule has 9 nitrogen and oxygen atoms in total. The summed E-state index contributed by atoms with van der Waals surface area (Å²) in [5.41, 5.74) is 0.731. The molecule has 0 atom stereocenters. The molecule has 0 radical (unpaired) electrons. The summed E-state index contributed by atoms with van der Waals surface area (Å²) in [7, 11) is -16.7. The fraction of sp³-hybridized carbons (Fsp3) is 0.742. The first-order valence-corrected chi connectivity index (χ1v) is 45.4. The van der Waals surface area contributed by atoms with Gasteiger partial charge < -0.3 is 39.2 Å². The largest absolute Gasteiger partial charge is 0.545 e. The van der Waals surface area contributed by atoms with E-state index in [1.54, 1.807) is 0 Å². The van der Waals surface area contributed by atoms with E-state index in [0.717, 1.165) is 27.9 Å². The lowest BCUT2D eigenvalue weighted by molar-refractivity contribution is 0.372. The summed E-state index contributed by atoms with van der Waals surface area (Å²) in [6.07, 6.45) is 0.687. The van der Waals surface area contributed by atoms with Gasteiger partial charge in [0.1, 0.15) is 31.6 Å². The van der Waals surface area contributed by atoms with Crippen LogP contribution in [-0.4, -0.2) is 88.5 Å². The summed E-state index contributed by atoms with van der Waals surface area (Å²) >= 11 is 0. The molecule has 0 saturated heterocycles. The highest BCUT2D eigenvalue weighted by atomic mass is 28.4. The Kier molecular flexibility index (Phi) is 17.0. The first-order valence-electron chi connectivity index (χ1n) is 18.0. The normalized spacial score (nSPS) is 14.7. The Morgan fingerprint density at radius 1 is 0.460 bits per heavy atom. The van der Waals surface area contributed by atoms with Gasteiger partial charge >= 0.3 is 0 Å². The Labute approximate surface area is 321 Å². The van der Waals surface area contributed by atoms with Gasteiger partial charge in [-0.25, -0.2) is 0 Å². The van der Waals surface area contributed by atoms with Crippen molar-refractivity contribution in [3.05, 3.63) is 11.3 Å². The molecule has 1 aromatic carbocycles. The molecular formula is C31H74O9Si10. The zero-order valence-corrected chi connectivity index (χ0v) is 47.8. The lowest BCUT2D eigenvalue weighted by Gasteiger charge is -2.38. The van der Waals surface area contributed by atoms with Gasteiger partial charge in [0.2, 0.25) is 58.2 Å². The summed E-state index contributed by atoms with van der Waals surface area (Å²) in [6, 6.07) is 0.901. The molecule has 0 amide bonds. The second kappa shape index (κ2) is 17.9. The third kappa shape index (κ3) is 19.1. The summed E-state index contributed by atoms with van der Waals surface area (Å²) < 4.78 is 61.6. The van der Waals surface area contributed by atoms with E-state index in [9.17, 15) is 0 Å². The second-order valence-corrected chi connectivity index (χ2v) is 56.0. The molecule has 19 heteroatoms. The van der Waals surface area contributed by atoms with Crippen molar-refractivity contribution in [2.24, 2.45) is 0 Å². The average molecular weight is 872 g/mol. The van der Waals surface area contributed by atoms with E-state index in [2.05, 4.69) is 137 Å². The Morgan fingerprint density at radius 3 is 1.08 bits per heavy atom. The predicted molar refractivity (Wildman–Crippen MR) is 241 cm³/mol. The first kappa shape index (κ1) is 47.7. The summed E-state index contributed by atoms with van der Waals surface area (Å²) in [5.74, 6) is 4.52. The summed E-state index contributed by atoms with van der Waals surface area (Å²) in [5, 5.41) is 0. The van der Waals surface area contributed by atoms with Crippen molar-refractivity contribution >= 4 is 94.2 Å². The van der Waals surface area contributed by atoms with E-state index < -0.39 is 78.0 Å². The highest BCUT2D eigenvalue weighted by Crippen LogP contribution is 2.59. The molecule has 1 rings (SSSR count). The zero-order chi connectivity index (χ0) is 39.3. The maximum absolute atomic E-state index is 7.26. The van der Waals surface area contributed by atoms with Crippen molar-refractivity contribution in [1.82, 2.24) is 0 Å². The maximum Gasteiger partial charge on any atom is 0.282 e. The van der Waals surface area contributed by atoms with Crippen molar-refractivity contribution in [2.75, 3.05) is 0 Å². The molecule has 0 aliphatic rings. The minimum Gasteiger partial charge on any atom is -0.545 e. The van der Waals surface area contributed by atoms with Gasteiger partial charge in [-0.15, -0.1) is 0 Å². The van der Waals surface area contributed by atoms with Gasteiger partial charge in [0.15, 0.2) is 34.5 Å². The lowest BCUT2D eigenvalue weighted by atomic mass is 10.1. The topological polar surface area (TPSA) is 83.1 Å². The van der Waals surface area contributed by atoms with Crippen LogP contribution in [0.3, 0.4) is 0 Å². The summed E-state index contributed by atoms with van der Waals surface area (Å²) in [4.78, 5) is 0. The molecule has 0 aliphatic carbocycles. The van der Waals surface area contributed by atoms with Gasteiger partial charge in [0, 0.05) is 6.42 Å². The fourth-order valence-corrected chi connectivity index (χ4v) is 14.2. The third-order valence-electron chi connectivity index (χ3n) is 5.53. The number of rotatable bonds is 21. The number of hydrogen-bond acceptors (Lipinski definition) is 9. The fourth-order valence-electron chi connectivity index (χ4n) is 4.46. The highest BCUT2D eigenvalue weighted by molar-refractivity contribution is 6.73. The van der Waals surface area contributed by atoms with Crippen molar-refractivity contribution in [2.45, 2.75) is 150 Å². The minimum absolute atomic E-state index is 0.591. The Balaban J connectivity index is 4.94. The Morgan fingerprint density at radius 2 is 0.780 bits per heavy atom. The molecular weight excluding hydrogens is 797 g/mol. The number of hydrogen-bond donors (Lipinski definition) is 0. The Bertz CT molecular complexity index is 1240. The summed E-state index contributed by atoms with van der Waals surface area (Å²) in [6.45, 7) is 46.3. The van der Waals surface area contributed by atoms with Crippen molar-refractivity contribution < 1.29 is 39.2 Å². The molecule has 0 spiro atoms. The molecule has 0 aliphatic heterocycles. The molecule has 0 aromatic heterocycles. The third-order valence-corrected chi connectivity index (χ3v) is 14.7. The molecule has 0 saturated carbocycles. The zero-order valence-electron chi connectivity index (χ0n) is 36.0. The van der Waals surface area contributed by atoms with E-state index in [0.29, 0.717) is 40.9 Å². The van der Waals surface area contributed by atoms with Crippen LogP contribution >= 0.6 is 0 Å². The molecule has 0 unspecified atom stereocenters. The van der Waals surface area contributed by atoms with Crippen LogP contribution in [-0.2, 0) is 17.1 Å². The van der Waals surface area contributed by atoms with E-state index in [1.165, 1.54) is 0 Å². The quantitative estimate of drug-likeness (QED) is 0.0689. The predicted octanol–water partition coefficient (Wildman–Crippen LogP) is 8.33. The SMILES string of the molecule is C[Si](C)(C)OC(CC[SiH2]O[SiH2]O[SiH3])=C(O[Si](C)(C)C)c1c(O[Si](C)(C)C)c(O[Si](C)(C)C)c(O[Si](C)(C)C)c(O[Si](C)(C)C)c1O[Si](C)(C)C. The smallest absolute Gasteiger partial charge is 0.282 e. The van der Waals surface area contributed by atoms with Crippen molar-refractivity contribution in [3.63, 3.8) is 0 Å². The molecule has 0 bridgehead atoms. The van der Waals surface area contributed by atoms with Crippen LogP contribution in [0.1, 0.15) is 12.0 Å². The molecule has 292 valence electrons. The monoisotopic (exact) mass is 870 g/mol. The average Bonchev–Trinajstić information content (AvgIpc) is 2.81. The minimum atomic E-state index is -2.29. The van der Waals surface area contributed by atoms with Crippen molar-refractivity contribution in [1.29, 1.82) is 0 Å². The molecule has 0 heterocycles. The number of allylic oxidation sites excluding steroid dienone is 1.